The fourth-order valence-corrected chi connectivity index (χ4v) is 2.59. The minimum atomic E-state index is 0. The van der Waals surface area contributed by atoms with Crippen molar-refractivity contribution in [2.45, 2.75) is 19.9 Å². The van der Waals surface area contributed by atoms with Gasteiger partial charge in [-0.15, -0.1) is 24.0 Å². The van der Waals surface area contributed by atoms with Crippen LogP contribution in [0.2, 0.25) is 0 Å². The predicted octanol–water partition coefficient (Wildman–Crippen LogP) is 3.54. The summed E-state index contributed by atoms with van der Waals surface area (Å²) in [6.45, 7) is 3.60. The van der Waals surface area contributed by atoms with Crippen molar-refractivity contribution in [3.05, 3.63) is 59.2 Å². The Morgan fingerprint density at radius 2 is 1.73 bits per heavy atom. The third-order valence-corrected chi connectivity index (χ3v) is 3.92. The highest BCUT2D eigenvalue weighted by Gasteiger charge is 2.05. The van der Waals surface area contributed by atoms with Gasteiger partial charge in [-0.3, -0.25) is 4.99 Å². The highest BCUT2D eigenvalue weighted by atomic mass is 127. The molecule has 0 amide bonds. The van der Waals surface area contributed by atoms with Crippen molar-refractivity contribution in [3.8, 4) is 11.5 Å². The normalized spacial score (nSPS) is 10.7. The van der Waals surface area contributed by atoms with Crippen LogP contribution in [0.5, 0.6) is 11.5 Å². The molecule has 0 bridgehead atoms. The summed E-state index contributed by atoms with van der Waals surface area (Å²) in [5.41, 5.74) is 3.70. The number of halogens is 1. The quantitative estimate of drug-likeness (QED) is 0.370. The molecule has 0 aliphatic heterocycles. The largest absolute Gasteiger partial charge is 0.493 e. The second-order valence-corrected chi connectivity index (χ2v) is 5.78. The van der Waals surface area contributed by atoms with E-state index in [9.17, 15) is 0 Å². The monoisotopic (exact) mass is 469 g/mol. The van der Waals surface area contributed by atoms with Gasteiger partial charge in [-0.25, -0.2) is 0 Å². The van der Waals surface area contributed by atoms with Crippen LogP contribution in [-0.2, 0) is 13.0 Å². The van der Waals surface area contributed by atoms with E-state index in [1.54, 1.807) is 21.3 Å². The van der Waals surface area contributed by atoms with Gasteiger partial charge in [0.2, 0.25) is 0 Å². The van der Waals surface area contributed by atoms with Crippen LogP contribution in [-0.4, -0.2) is 33.8 Å². The van der Waals surface area contributed by atoms with E-state index in [0.717, 1.165) is 36.0 Å². The summed E-state index contributed by atoms with van der Waals surface area (Å²) in [6, 6.07) is 14.4. The van der Waals surface area contributed by atoms with Crippen LogP contribution in [0.1, 0.15) is 16.7 Å². The van der Waals surface area contributed by atoms with Crippen LogP contribution in [0.4, 0.5) is 0 Å². The first kappa shape index (κ1) is 22.1. The predicted molar refractivity (Wildman–Crippen MR) is 118 cm³/mol. The Balaban J connectivity index is 0.00000338. The zero-order valence-electron chi connectivity index (χ0n) is 15.8. The molecule has 0 aliphatic carbocycles. The molecule has 2 N–H and O–H groups in total. The first-order chi connectivity index (χ1) is 12.2. The van der Waals surface area contributed by atoms with Crippen molar-refractivity contribution < 1.29 is 9.47 Å². The molecule has 2 rings (SSSR count). The van der Waals surface area contributed by atoms with Crippen molar-refractivity contribution in [2.75, 3.05) is 27.8 Å². The summed E-state index contributed by atoms with van der Waals surface area (Å²) >= 11 is 0. The lowest BCUT2D eigenvalue weighted by atomic mass is 10.1. The Morgan fingerprint density at radius 1 is 0.962 bits per heavy atom. The van der Waals surface area contributed by atoms with Gasteiger partial charge < -0.3 is 20.1 Å². The number of rotatable bonds is 7. The summed E-state index contributed by atoms with van der Waals surface area (Å²) < 4.78 is 10.6. The third-order valence-electron chi connectivity index (χ3n) is 3.92. The van der Waals surface area contributed by atoms with E-state index < -0.39 is 0 Å². The van der Waals surface area contributed by atoms with E-state index in [4.69, 9.17) is 9.47 Å². The zero-order valence-corrected chi connectivity index (χ0v) is 18.2. The fourth-order valence-electron chi connectivity index (χ4n) is 2.59. The number of aryl methyl sites for hydroxylation is 1. The molecule has 0 saturated carbocycles. The fraction of sp³-hybridized carbons (Fsp3) is 0.350. The molecule has 142 valence electrons. The molecule has 0 aliphatic rings. The van der Waals surface area contributed by atoms with E-state index in [1.165, 1.54) is 11.1 Å². The zero-order chi connectivity index (χ0) is 18.1. The number of nitrogens with one attached hydrogen (secondary N) is 2. The maximum absolute atomic E-state index is 5.33. The van der Waals surface area contributed by atoms with Crippen molar-refractivity contribution >= 4 is 29.9 Å². The summed E-state index contributed by atoms with van der Waals surface area (Å²) in [7, 11) is 5.05. The summed E-state index contributed by atoms with van der Waals surface area (Å²) in [5, 5.41) is 6.66. The van der Waals surface area contributed by atoms with Gasteiger partial charge in [0, 0.05) is 20.1 Å². The molecule has 0 radical (unpaired) electrons. The molecule has 5 nitrogen and oxygen atoms in total. The van der Waals surface area contributed by atoms with Crippen molar-refractivity contribution in [1.29, 1.82) is 0 Å². The molecule has 0 saturated heterocycles. The van der Waals surface area contributed by atoms with Gasteiger partial charge in [0.05, 0.1) is 14.2 Å². The number of guanidine groups is 1. The van der Waals surface area contributed by atoms with Crippen LogP contribution in [0, 0.1) is 6.92 Å². The lowest BCUT2D eigenvalue weighted by Crippen LogP contribution is -2.37. The van der Waals surface area contributed by atoms with Crippen LogP contribution < -0.4 is 20.1 Å². The minimum absolute atomic E-state index is 0. The van der Waals surface area contributed by atoms with Gasteiger partial charge in [0.15, 0.2) is 17.5 Å². The SMILES string of the molecule is CN=C(NCCc1cccc(C)c1)NCc1ccc(OC)c(OC)c1.I. The average molecular weight is 469 g/mol. The highest BCUT2D eigenvalue weighted by Crippen LogP contribution is 2.27. The lowest BCUT2D eigenvalue weighted by Gasteiger charge is -2.13. The van der Waals surface area contributed by atoms with Crippen LogP contribution in [0.3, 0.4) is 0 Å². The number of hydrogen-bond donors (Lipinski definition) is 2. The van der Waals surface area contributed by atoms with E-state index in [-0.39, 0.29) is 24.0 Å². The summed E-state index contributed by atoms with van der Waals surface area (Å²) in [6.07, 6.45) is 0.957. The van der Waals surface area contributed by atoms with E-state index in [1.807, 2.05) is 18.2 Å². The summed E-state index contributed by atoms with van der Waals surface area (Å²) in [4.78, 5) is 4.27. The molecule has 0 aromatic heterocycles. The Hall–Kier alpha value is -1.96. The van der Waals surface area contributed by atoms with E-state index in [2.05, 4.69) is 46.8 Å². The molecule has 0 spiro atoms. The van der Waals surface area contributed by atoms with Gasteiger partial charge >= 0.3 is 0 Å². The maximum atomic E-state index is 5.33. The number of methoxy groups -OCH3 is 2. The first-order valence-corrected chi connectivity index (χ1v) is 8.37. The molecular weight excluding hydrogens is 441 g/mol. The van der Waals surface area contributed by atoms with Gasteiger partial charge in [-0.2, -0.15) is 0 Å². The van der Waals surface area contributed by atoms with E-state index >= 15 is 0 Å². The van der Waals surface area contributed by atoms with Crippen LogP contribution in [0.25, 0.3) is 0 Å². The Morgan fingerprint density at radius 3 is 2.38 bits per heavy atom. The maximum Gasteiger partial charge on any atom is 0.191 e. The Bertz CT molecular complexity index is 720. The highest BCUT2D eigenvalue weighted by molar-refractivity contribution is 14.0. The molecule has 2 aromatic rings. The molecule has 0 fully saturated rings. The molecular formula is C20H28IN3O2. The number of nitrogens with zero attached hydrogens (tertiary/aromatic N) is 1. The molecule has 0 unspecified atom stereocenters. The van der Waals surface area contributed by atoms with Gasteiger partial charge in [-0.05, 0) is 36.6 Å². The molecule has 6 heteroatoms. The number of ether oxygens (including phenoxy) is 2. The van der Waals surface area contributed by atoms with Crippen molar-refractivity contribution in [2.24, 2.45) is 4.99 Å². The van der Waals surface area contributed by atoms with E-state index in [0.29, 0.717) is 6.54 Å². The number of benzene rings is 2. The molecule has 2 aromatic carbocycles. The Labute approximate surface area is 173 Å². The number of aliphatic imine (C=N–C) groups is 1. The molecule has 0 atom stereocenters. The summed E-state index contributed by atoms with van der Waals surface area (Å²) in [5.74, 6) is 2.23. The topological polar surface area (TPSA) is 54.9 Å². The van der Waals surface area contributed by atoms with Gasteiger partial charge in [-0.1, -0.05) is 35.9 Å². The lowest BCUT2D eigenvalue weighted by molar-refractivity contribution is 0.354. The average Bonchev–Trinajstić information content (AvgIpc) is 2.64. The first-order valence-electron chi connectivity index (χ1n) is 8.37. The standard InChI is InChI=1S/C20H27N3O2.HI/c1-15-6-5-7-16(12-15)10-11-22-20(21-2)23-14-17-8-9-18(24-3)19(13-17)25-4;/h5-9,12-13H,10-11,14H2,1-4H3,(H2,21,22,23);1H. The van der Waals surface area contributed by atoms with Crippen LogP contribution >= 0.6 is 24.0 Å². The van der Waals surface area contributed by atoms with Gasteiger partial charge in [0.1, 0.15) is 0 Å². The number of hydrogen-bond acceptors (Lipinski definition) is 3. The minimum Gasteiger partial charge on any atom is -0.493 e. The Kier molecular flexibility index (Phi) is 9.87. The van der Waals surface area contributed by atoms with Gasteiger partial charge in [0.25, 0.3) is 0 Å². The smallest absolute Gasteiger partial charge is 0.191 e. The van der Waals surface area contributed by atoms with Crippen molar-refractivity contribution in [3.63, 3.8) is 0 Å². The second-order valence-electron chi connectivity index (χ2n) is 5.78. The third kappa shape index (κ3) is 6.74. The van der Waals surface area contributed by atoms with Crippen LogP contribution in [0.15, 0.2) is 47.5 Å². The molecule has 0 heterocycles. The second kappa shape index (κ2) is 11.6. The molecule has 26 heavy (non-hydrogen) atoms. The van der Waals surface area contributed by atoms with Crippen molar-refractivity contribution in [1.82, 2.24) is 10.6 Å².